The molecule has 0 spiro atoms. The molecule has 0 saturated heterocycles. The van der Waals surface area contributed by atoms with Crippen LogP contribution in [0.3, 0.4) is 0 Å². The molecule has 0 aliphatic rings. The molecule has 0 radical (unpaired) electrons. The average molecular weight is 208 g/mol. The van der Waals surface area contributed by atoms with Crippen molar-refractivity contribution in [1.82, 2.24) is 0 Å². The molecule has 0 rings (SSSR count). The third kappa shape index (κ3) is 8.25. The molecule has 0 amide bonds. The summed E-state index contributed by atoms with van der Waals surface area (Å²) in [5.74, 6) is 0.138. The van der Waals surface area contributed by atoms with Crippen LogP contribution in [-0.4, -0.2) is 20.8 Å². The molecular formula is C9H20O3S. The molecule has 3 nitrogen and oxygen atoms in total. The van der Waals surface area contributed by atoms with Crippen LogP contribution in [0, 0.1) is 5.41 Å². The minimum Gasteiger partial charge on any atom is -0.270 e. The molecule has 0 aliphatic carbocycles. The molecule has 4 heteroatoms. The van der Waals surface area contributed by atoms with Gasteiger partial charge in [-0.25, -0.2) is 0 Å². The third-order valence-electron chi connectivity index (χ3n) is 1.42. The molecule has 0 aromatic heterocycles. The van der Waals surface area contributed by atoms with E-state index in [4.69, 9.17) is 4.18 Å². The zero-order chi connectivity index (χ0) is 10.5. The number of rotatable bonds is 5. The Labute approximate surface area is 81.6 Å². The largest absolute Gasteiger partial charge is 0.270 e. The smallest absolute Gasteiger partial charge is 0.267 e. The van der Waals surface area contributed by atoms with E-state index in [-0.39, 0.29) is 17.8 Å². The van der Waals surface area contributed by atoms with Gasteiger partial charge in [-0.05, 0) is 11.8 Å². The van der Waals surface area contributed by atoms with Gasteiger partial charge in [-0.2, -0.15) is 8.42 Å². The fraction of sp³-hybridized carbons (Fsp3) is 1.00. The fourth-order valence-electron chi connectivity index (χ4n) is 0.647. The van der Waals surface area contributed by atoms with Crippen LogP contribution in [0.25, 0.3) is 0 Å². The molecule has 0 aliphatic heterocycles. The van der Waals surface area contributed by atoms with Gasteiger partial charge >= 0.3 is 0 Å². The van der Waals surface area contributed by atoms with Crippen molar-refractivity contribution in [1.29, 1.82) is 0 Å². The summed E-state index contributed by atoms with van der Waals surface area (Å²) in [5, 5.41) is 0. The first-order valence-corrected chi connectivity index (χ1v) is 6.22. The Morgan fingerprint density at radius 1 is 1.23 bits per heavy atom. The van der Waals surface area contributed by atoms with E-state index in [1.165, 1.54) is 0 Å². The van der Waals surface area contributed by atoms with E-state index < -0.39 is 10.1 Å². The maximum atomic E-state index is 11.2. The van der Waals surface area contributed by atoms with Crippen molar-refractivity contribution in [3.63, 3.8) is 0 Å². The van der Waals surface area contributed by atoms with Crippen LogP contribution in [0.5, 0.6) is 0 Å². The monoisotopic (exact) mass is 208 g/mol. The van der Waals surface area contributed by atoms with Gasteiger partial charge in [-0.3, -0.25) is 4.18 Å². The van der Waals surface area contributed by atoms with Gasteiger partial charge in [0.1, 0.15) is 0 Å². The summed E-state index contributed by atoms with van der Waals surface area (Å²) in [6.45, 7) is 8.06. The van der Waals surface area contributed by atoms with Crippen LogP contribution in [0.2, 0.25) is 0 Å². The highest BCUT2D eigenvalue weighted by molar-refractivity contribution is 7.86. The first kappa shape index (κ1) is 12.9. The summed E-state index contributed by atoms with van der Waals surface area (Å²) in [7, 11) is -3.28. The van der Waals surface area contributed by atoms with Gasteiger partial charge in [-0.15, -0.1) is 0 Å². The van der Waals surface area contributed by atoms with E-state index >= 15 is 0 Å². The number of hydrogen-bond acceptors (Lipinski definition) is 3. The van der Waals surface area contributed by atoms with Crippen molar-refractivity contribution in [2.45, 2.75) is 40.5 Å². The standard InChI is InChI=1S/C9H20O3S/c1-5-6-7-13(10,11)12-8-9(2,3)4/h5-8H2,1-4H3. The Hall–Kier alpha value is -0.0900. The van der Waals surface area contributed by atoms with Crippen molar-refractivity contribution in [3.8, 4) is 0 Å². The van der Waals surface area contributed by atoms with Crippen molar-refractivity contribution in [2.24, 2.45) is 5.41 Å². The molecule has 0 saturated carbocycles. The Kier molecular flexibility index (Phi) is 4.92. The van der Waals surface area contributed by atoms with Crippen molar-refractivity contribution in [3.05, 3.63) is 0 Å². The Balaban J connectivity index is 3.91. The summed E-state index contributed by atoms with van der Waals surface area (Å²) in [4.78, 5) is 0. The van der Waals surface area contributed by atoms with Crippen LogP contribution in [0.4, 0.5) is 0 Å². The van der Waals surface area contributed by atoms with E-state index in [1.54, 1.807) is 0 Å². The molecule has 13 heavy (non-hydrogen) atoms. The van der Waals surface area contributed by atoms with E-state index in [1.807, 2.05) is 27.7 Å². The van der Waals surface area contributed by atoms with Crippen molar-refractivity contribution < 1.29 is 12.6 Å². The first-order chi connectivity index (χ1) is 5.77. The van der Waals surface area contributed by atoms with Gasteiger partial charge in [0.2, 0.25) is 0 Å². The normalized spacial score (nSPS) is 13.2. The minimum absolute atomic E-state index is 0.0979. The summed E-state index contributed by atoms with van der Waals surface area (Å²) in [5.41, 5.74) is -0.0979. The predicted octanol–water partition coefficient (Wildman–Crippen LogP) is 2.18. The summed E-state index contributed by atoms with van der Waals surface area (Å²) >= 11 is 0. The van der Waals surface area contributed by atoms with Gasteiger partial charge in [0.25, 0.3) is 10.1 Å². The van der Waals surface area contributed by atoms with Crippen LogP contribution < -0.4 is 0 Å². The van der Waals surface area contributed by atoms with E-state index in [2.05, 4.69) is 0 Å². The van der Waals surface area contributed by atoms with Gasteiger partial charge in [0, 0.05) is 0 Å². The van der Waals surface area contributed by atoms with Crippen LogP contribution in [0.1, 0.15) is 40.5 Å². The molecule has 0 aromatic carbocycles. The second-order valence-corrected chi connectivity index (χ2v) is 6.20. The van der Waals surface area contributed by atoms with Gasteiger partial charge in [0.05, 0.1) is 12.4 Å². The third-order valence-corrected chi connectivity index (χ3v) is 2.69. The van der Waals surface area contributed by atoms with E-state index in [0.29, 0.717) is 6.42 Å². The lowest BCUT2D eigenvalue weighted by molar-refractivity contribution is 0.203. The summed E-state index contributed by atoms with van der Waals surface area (Å²) in [6, 6.07) is 0. The zero-order valence-corrected chi connectivity index (χ0v) is 9.78. The lowest BCUT2D eigenvalue weighted by Crippen LogP contribution is -2.20. The minimum atomic E-state index is -3.28. The Bertz CT molecular complexity index is 224. The predicted molar refractivity (Wildman–Crippen MR) is 54.1 cm³/mol. The molecule has 0 fully saturated rings. The molecule has 0 aromatic rings. The molecular weight excluding hydrogens is 188 g/mol. The van der Waals surface area contributed by atoms with Gasteiger partial charge in [-0.1, -0.05) is 34.1 Å². The van der Waals surface area contributed by atoms with E-state index in [0.717, 1.165) is 6.42 Å². The second kappa shape index (κ2) is 4.96. The second-order valence-electron chi connectivity index (χ2n) is 4.44. The topological polar surface area (TPSA) is 43.4 Å². The average Bonchev–Trinajstić information content (AvgIpc) is 1.97. The maximum Gasteiger partial charge on any atom is 0.267 e. The molecule has 0 unspecified atom stereocenters. The zero-order valence-electron chi connectivity index (χ0n) is 8.96. The van der Waals surface area contributed by atoms with Crippen LogP contribution in [0.15, 0.2) is 0 Å². The highest BCUT2D eigenvalue weighted by Gasteiger charge is 2.17. The Morgan fingerprint density at radius 2 is 1.77 bits per heavy atom. The van der Waals surface area contributed by atoms with Crippen molar-refractivity contribution >= 4 is 10.1 Å². The molecule has 0 atom stereocenters. The van der Waals surface area contributed by atoms with Crippen LogP contribution in [-0.2, 0) is 14.3 Å². The molecule has 80 valence electrons. The van der Waals surface area contributed by atoms with Crippen molar-refractivity contribution in [2.75, 3.05) is 12.4 Å². The molecule has 0 heterocycles. The highest BCUT2D eigenvalue weighted by atomic mass is 32.2. The Morgan fingerprint density at radius 3 is 2.15 bits per heavy atom. The van der Waals surface area contributed by atoms with Gasteiger partial charge in [0.15, 0.2) is 0 Å². The maximum absolute atomic E-state index is 11.2. The fourth-order valence-corrected chi connectivity index (χ4v) is 1.94. The van der Waals surface area contributed by atoms with E-state index in [9.17, 15) is 8.42 Å². The summed E-state index contributed by atoms with van der Waals surface area (Å²) < 4.78 is 27.3. The van der Waals surface area contributed by atoms with Crippen LogP contribution >= 0.6 is 0 Å². The summed E-state index contributed by atoms with van der Waals surface area (Å²) in [6.07, 6.45) is 1.55. The molecule has 0 bridgehead atoms. The number of unbranched alkanes of at least 4 members (excludes halogenated alkanes) is 1. The lowest BCUT2D eigenvalue weighted by Gasteiger charge is -2.17. The quantitative estimate of drug-likeness (QED) is 0.650. The van der Waals surface area contributed by atoms with Gasteiger partial charge < -0.3 is 0 Å². The SMILES string of the molecule is CCCCS(=O)(=O)OCC(C)(C)C. The molecule has 0 N–H and O–H groups in total. The number of hydrogen-bond donors (Lipinski definition) is 0. The first-order valence-electron chi connectivity index (χ1n) is 4.64. The highest BCUT2D eigenvalue weighted by Crippen LogP contribution is 2.14. The lowest BCUT2D eigenvalue weighted by atomic mass is 9.99.